The van der Waals surface area contributed by atoms with Crippen molar-refractivity contribution in [3.05, 3.63) is 47.0 Å². The Labute approximate surface area is 110 Å². The SMILES string of the molecule is CCn1c(CBr)nnc1Cc1ccccc1C. The Morgan fingerprint density at radius 3 is 2.53 bits per heavy atom. The molecule has 0 spiro atoms. The molecule has 1 heterocycles. The Balaban J connectivity index is 2.30. The van der Waals surface area contributed by atoms with Gasteiger partial charge in [0, 0.05) is 13.0 Å². The molecule has 1 aromatic carbocycles. The lowest BCUT2D eigenvalue weighted by Crippen LogP contribution is -2.06. The fourth-order valence-electron chi connectivity index (χ4n) is 1.95. The molecule has 1 aromatic heterocycles. The molecule has 0 aliphatic carbocycles. The molecule has 0 unspecified atom stereocenters. The van der Waals surface area contributed by atoms with Gasteiger partial charge in [-0.3, -0.25) is 0 Å². The minimum atomic E-state index is 0.752. The summed E-state index contributed by atoms with van der Waals surface area (Å²) in [4.78, 5) is 0. The maximum atomic E-state index is 4.28. The van der Waals surface area contributed by atoms with Gasteiger partial charge >= 0.3 is 0 Å². The first-order chi connectivity index (χ1) is 8.26. The van der Waals surface area contributed by atoms with E-state index in [9.17, 15) is 0 Å². The van der Waals surface area contributed by atoms with Gasteiger partial charge < -0.3 is 4.57 Å². The Bertz CT molecular complexity index is 505. The van der Waals surface area contributed by atoms with Crippen LogP contribution in [0.25, 0.3) is 0 Å². The molecule has 0 bridgehead atoms. The van der Waals surface area contributed by atoms with Gasteiger partial charge in [-0.1, -0.05) is 40.2 Å². The molecule has 0 aliphatic heterocycles. The van der Waals surface area contributed by atoms with E-state index >= 15 is 0 Å². The van der Waals surface area contributed by atoms with Crippen molar-refractivity contribution < 1.29 is 0 Å². The van der Waals surface area contributed by atoms with Gasteiger partial charge in [-0.15, -0.1) is 10.2 Å². The molecule has 0 fully saturated rings. The number of hydrogen-bond donors (Lipinski definition) is 0. The minimum Gasteiger partial charge on any atom is -0.314 e. The smallest absolute Gasteiger partial charge is 0.143 e. The summed E-state index contributed by atoms with van der Waals surface area (Å²) in [6, 6.07) is 8.42. The Kier molecular flexibility index (Phi) is 3.94. The lowest BCUT2D eigenvalue weighted by Gasteiger charge is -2.07. The van der Waals surface area contributed by atoms with Crippen LogP contribution in [0.3, 0.4) is 0 Å². The van der Waals surface area contributed by atoms with Gasteiger partial charge in [-0.25, -0.2) is 0 Å². The number of benzene rings is 1. The van der Waals surface area contributed by atoms with E-state index in [0.717, 1.165) is 29.9 Å². The summed E-state index contributed by atoms with van der Waals surface area (Å²) in [5.74, 6) is 2.03. The van der Waals surface area contributed by atoms with E-state index in [1.165, 1.54) is 11.1 Å². The molecule has 90 valence electrons. The van der Waals surface area contributed by atoms with E-state index in [1.54, 1.807) is 0 Å². The Morgan fingerprint density at radius 2 is 1.88 bits per heavy atom. The first-order valence-electron chi connectivity index (χ1n) is 5.77. The van der Waals surface area contributed by atoms with Crippen LogP contribution in [-0.2, 0) is 18.3 Å². The van der Waals surface area contributed by atoms with Crippen LogP contribution in [0.1, 0.15) is 29.7 Å². The molecule has 0 N–H and O–H groups in total. The molecule has 0 amide bonds. The molecule has 0 saturated heterocycles. The summed E-state index contributed by atoms with van der Waals surface area (Å²) >= 11 is 3.44. The van der Waals surface area contributed by atoms with Crippen molar-refractivity contribution in [3.8, 4) is 0 Å². The minimum absolute atomic E-state index is 0.752. The van der Waals surface area contributed by atoms with Crippen LogP contribution in [0.15, 0.2) is 24.3 Å². The average Bonchev–Trinajstić information content (AvgIpc) is 2.74. The summed E-state index contributed by atoms with van der Waals surface area (Å²) in [5, 5.41) is 9.23. The summed E-state index contributed by atoms with van der Waals surface area (Å²) in [7, 11) is 0. The van der Waals surface area contributed by atoms with Crippen LogP contribution in [0.4, 0.5) is 0 Å². The van der Waals surface area contributed by atoms with Gasteiger partial charge in [-0.05, 0) is 25.0 Å². The van der Waals surface area contributed by atoms with E-state index in [4.69, 9.17) is 0 Å². The molecule has 0 aliphatic rings. The van der Waals surface area contributed by atoms with E-state index in [1.807, 2.05) is 0 Å². The van der Waals surface area contributed by atoms with Gasteiger partial charge in [0.25, 0.3) is 0 Å². The highest BCUT2D eigenvalue weighted by molar-refractivity contribution is 9.08. The van der Waals surface area contributed by atoms with Crippen LogP contribution in [0, 0.1) is 6.92 Å². The maximum absolute atomic E-state index is 4.28. The highest BCUT2D eigenvalue weighted by Crippen LogP contribution is 2.14. The van der Waals surface area contributed by atoms with Crippen molar-refractivity contribution in [1.29, 1.82) is 0 Å². The standard InChI is InChI=1S/C13H16BrN3/c1-3-17-12(15-16-13(17)9-14)8-11-7-5-4-6-10(11)2/h4-7H,3,8-9H2,1-2H3. The monoisotopic (exact) mass is 293 g/mol. The molecule has 3 nitrogen and oxygen atoms in total. The summed E-state index contributed by atoms with van der Waals surface area (Å²) in [6.07, 6.45) is 0.848. The first kappa shape index (κ1) is 12.3. The third-order valence-electron chi connectivity index (χ3n) is 2.95. The Hall–Kier alpha value is -1.16. The molecule has 17 heavy (non-hydrogen) atoms. The molecule has 0 saturated carbocycles. The normalized spacial score (nSPS) is 10.8. The first-order valence-corrected chi connectivity index (χ1v) is 6.89. The fraction of sp³-hybridized carbons (Fsp3) is 0.385. The molecule has 2 aromatic rings. The number of hydrogen-bond acceptors (Lipinski definition) is 2. The van der Waals surface area contributed by atoms with Crippen LogP contribution >= 0.6 is 15.9 Å². The predicted octanol–water partition coefficient (Wildman–Crippen LogP) is 3.09. The number of rotatable bonds is 4. The lowest BCUT2D eigenvalue weighted by molar-refractivity contribution is 0.688. The summed E-state index contributed by atoms with van der Waals surface area (Å²) in [6.45, 7) is 5.17. The number of nitrogens with zero attached hydrogens (tertiary/aromatic N) is 3. The highest BCUT2D eigenvalue weighted by Gasteiger charge is 2.10. The lowest BCUT2D eigenvalue weighted by atomic mass is 10.1. The summed E-state index contributed by atoms with van der Waals surface area (Å²) in [5.41, 5.74) is 2.62. The van der Waals surface area contributed by atoms with Crippen molar-refractivity contribution in [2.75, 3.05) is 0 Å². The van der Waals surface area contributed by atoms with Crippen molar-refractivity contribution in [2.45, 2.75) is 32.1 Å². The van der Waals surface area contributed by atoms with Crippen LogP contribution in [0.5, 0.6) is 0 Å². The van der Waals surface area contributed by atoms with E-state index < -0.39 is 0 Å². The molecular weight excluding hydrogens is 278 g/mol. The topological polar surface area (TPSA) is 30.7 Å². The second-order valence-electron chi connectivity index (χ2n) is 4.01. The van der Waals surface area contributed by atoms with Crippen molar-refractivity contribution >= 4 is 15.9 Å². The highest BCUT2D eigenvalue weighted by atomic mass is 79.9. The zero-order chi connectivity index (χ0) is 12.3. The largest absolute Gasteiger partial charge is 0.314 e. The number of alkyl halides is 1. The van der Waals surface area contributed by atoms with E-state index in [2.05, 4.69) is 68.8 Å². The fourth-order valence-corrected chi connectivity index (χ4v) is 2.36. The predicted molar refractivity (Wildman–Crippen MR) is 72.3 cm³/mol. The van der Waals surface area contributed by atoms with E-state index in [0.29, 0.717) is 0 Å². The molecular formula is C13H16BrN3. The van der Waals surface area contributed by atoms with Crippen molar-refractivity contribution in [1.82, 2.24) is 14.8 Å². The Morgan fingerprint density at radius 1 is 1.18 bits per heavy atom. The zero-order valence-electron chi connectivity index (χ0n) is 10.2. The molecule has 4 heteroatoms. The van der Waals surface area contributed by atoms with Crippen molar-refractivity contribution in [3.63, 3.8) is 0 Å². The number of aryl methyl sites for hydroxylation is 1. The van der Waals surface area contributed by atoms with Crippen molar-refractivity contribution in [2.24, 2.45) is 0 Å². The van der Waals surface area contributed by atoms with E-state index in [-0.39, 0.29) is 0 Å². The van der Waals surface area contributed by atoms with Gasteiger partial charge in [0.2, 0.25) is 0 Å². The average molecular weight is 294 g/mol. The second-order valence-corrected chi connectivity index (χ2v) is 4.57. The van der Waals surface area contributed by atoms with Gasteiger partial charge in [0.05, 0.1) is 5.33 Å². The van der Waals surface area contributed by atoms with Gasteiger partial charge in [0.1, 0.15) is 11.6 Å². The van der Waals surface area contributed by atoms with Crippen LogP contribution in [0.2, 0.25) is 0 Å². The molecule has 0 atom stereocenters. The second kappa shape index (κ2) is 5.45. The molecule has 2 rings (SSSR count). The molecule has 0 radical (unpaired) electrons. The number of halogens is 1. The van der Waals surface area contributed by atoms with Crippen LogP contribution < -0.4 is 0 Å². The third kappa shape index (κ3) is 2.57. The quantitative estimate of drug-likeness (QED) is 0.811. The van der Waals surface area contributed by atoms with Crippen LogP contribution in [-0.4, -0.2) is 14.8 Å². The third-order valence-corrected chi connectivity index (χ3v) is 3.45. The van der Waals surface area contributed by atoms with Gasteiger partial charge in [-0.2, -0.15) is 0 Å². The summed E-state index contributed by atoms with van der Waals surface area (Å²) < 4.78 is 2.17. The maximum Gasteiger partial charge on any atom is 0.143 e. The number of aromatic nitrogens is 3. The zero-order valence-corrected chi connectivity index (χ0v) is 11.7. The van der Waals surface area contributed by atoms with Gasteiger partial charge in [0.15, 0.2) is 0 Å².